The van der Waals surface area contributed by atoms with Crippen molar-refractivity contribution >= 4 is 37.7 Å². The molecule has 0 spiro atoms. The normalized spacial score (nSPS) is 10.5. The number of aromatic nitrogens is 2. The van der Waals surface area contributed by atoms with Crippen LogP contribution in [0.5, 0.6) is 11.5 Å². The van der Waals surface area contributed by atoms with Crippen LogP contribution in [0.4, 0.5) is 17.6 Å². The quantitative estimate of drug-likeness (QED) is 0.142. The van der Waals surface area contributed by atoms with E-state index in [0.29, 0.717) is 49.7 Å². The summed E-state index contributed by atoms with van der Waals surface area (Å²) in [4.78, 5) is 0. The zero-order valence-electron chi connectivity index (χ0n) is 23.4. The van der Waals surface area contributed by atoms with Crippen LogP contribution in [0.15, 0.2) is 89.6 Å². The molecule has 6 nitrogen and oxygen atoms in total. The molecule has 2 N–H and O–H groups in total. The van der Waals surface area contributed by atoms with E-state index in [0.717, 1.165) is 17.7 Å². The van der Waals surface area contributed by atoms with Gasteiger partial charge in [-0.05, 0) is 59.3 Å². The third kappa shape index (κ3) is 5.57. The number of nitriles is 2. The molecule has 232 valence electrons. The summed E-state index contributed by atoms with van der Waals surface area (Å²) in [7, 11) is 0. The highest BCUT2D eigenvalue weighted by Gasteiger charge is 2.23. The maximum Gasteiger partial charge on any atom is 0.202 e. The lowest BCUT2D eigenvalue weighted by Gasteiger charge is -2.13. The molecule has 4 aromatic carbocycles. The fourth-order valence-corrected chi connectivity index (χ4v) is 5.78. The Hall–Kier alpha value is -5.52. The third-order valence-electron chi connectivity index (χ3n) is 7.05. The van der Waals surface area contributed by atoms with Crippen LogP contribution in [0.1, 0.15) is 31.2 Å². The van der Waals surface area contributed by atoms with E-state index in [4.69, 9.17) is 0 Å². The minimum Gasteiger partial charge on any atom is -0.505 e. The Morgan fingerprint density at radius 2 is 1.15 bits per heavy atom. The van der Waals surface area contributed by atoms with Gasteiger partial charge in [0, 0.05) is 22.9 Å². The molecule has 0 bridgehead atoms. The Bertz CT molecular complexity index is 2240. The molecular formula is C35H25BrF4N4O2. The molecule has 0 fully saturated rings. The molecule has 0 aliphatic heterocycles. The second-order valence-electron chi connectivity index (χ2n) is 10.0. The summed E-state index contributed by atoms with van der Waals surface area (Å²) in [6.45, 7) is 5.66. The van der Waals surface area contributed by atoms with Crippen molar-refractivity contribution in [2.75, 3.05) is 0 Å². The van der Waals surface area contributed by atoms with Gasteiger partial charge in [-0.15, -0.1) is 0 Å². The van der Waals surface area contributed by atoms with Gasteiger partial charge in [-0.2, -0.15) is 19.3 Å². The number of phenols is 2. The fraction of sp³-hybridized carbons (Fsp3) is 0.0857. The molecule has 0 saturated heterocycles. The summed E-state index contributed by atoms with van der Waals surface area (Å²) in [5.41, 5.74) is 3.07. The topological polar surface area (TPSA) is 97.9 Å². The van der Waals surface area contributed by atoms with Crippen LogP contribution in [-0.4, -0.2) is 19.3 Å². The van der Waals surface area contributed by atoms with Crippen LogP contribution >= 0.6 is 15.9 Å². The average molecular weight is 690 g/mol. The molecule has 11 heteroatoms. The van der Waals surface area contributed by atoms with Crippen LogP contribution in [0.2, 0.25) is 0 Å². The van der Waals surface area contributed by atoms with Crippen molar-refractivity contribution in [2.24, 2.45) is 0 Å². The van der Waals surface area contributed by atoms with Crippen LogP contribution in [0.3, 0.4) is 0 Å². The predicted octanol–water partition coefficient (Wildman–Crippen LogP) is 9.49. The highest BCUT2D eigenvalue weighted by atomic mass is 79.9. The van der Waals surface area contributed by atoms with Gasteiger partial charge < -0.3 is 14.8 Å². The molecular weight excluding hydrogens is 664 g/mol. The number of benzene rings is 4. The largest absolute Gasteiger partial charge is 0.505 e. The summed E-state index contributed by atoms with van der Waals surface area (Å²) < 4.78 is 59.2. The number of rotatable bonds is 4. The lowest BCUT2D eigenvalue weighted by atomic mass is 10.1. The summed E-state index contributed by atoms with van der Waals surface area (Å²) in [5, 5.41) is 38.7. The summed E-state index contributed by atoms with van der Waals surface area (Å²) in [5.74, 6) is -6.50. The second kappa shape index (κ2) is 13.2. The number of para-hydroxylation sites is 2. The molecule has 0 aliphatic rings. The molecule has 0 amide bonds. The lowest BCUT2D eigenvalue weighted by Crippen LogP contribution is -2.05. The Morgan fingerprint density at radius 1 is 0.717 bits per heavy atom. The number of hydrogen-bond donors (Lipinski definition) is 2. The average Bonchev–Trinajstić information content (AvgIpc) is 3.49. The molecule has 0 saturated carbocycles. The molecule has 0 radical (unpaired) electrons. The van der Waals surface area contributed by atoms with Crippen molar-refractivity contribution in [1.29, 1.82) is 10.5 Å². The Labute approximate surface area is 270 Å². The van der Waals surface area contributed by atoms with E-state index in [1.54, 1.807) is 55.5 Å². The highest BCUT2D eigenvalue weighted by Crippen LogP contribution is 2.36. The summed E-state index contributed by atoms with van der Waals surface area (Å²) in [6, 6.07) is 22.9. The first kappa shape index (κ1) is 33.4. The van der Waals surface area contributed by atoms with Gasteiger partial charge in [-0.3, -0.25) is 4.57 Å². The first-order chi connectivity index (χ1) is 21.5. The van der Waals surface area contributed by atoms with Crippen LogP contribution in [0, 0.1) is 45.9 Å². The fourth-order valence-electron chi connectivity index (χ4n) is 5.10. The molecule has 0 atom stereocenters. The first-order valence-electron chi connectivity index (χ1n) is 13.2. The maximum absolute atomic E-state index is 14.4. The zero-order chi connectivity index (χ0) is 32.6. The van der Waals surface area contributed by atoms with E-state index < -0.39 is 34.8 Å². The number of hydrogen-bond acceptors (Lipinski definition) is 4. The van der Waals surface area contributed by atoms with E-state index in [1.807, 2.05) is 6.07 Å². The molecule has 0 unspecified atom stereocenters. The number of aromatic hydroxyl groups is 2. The maximum atomic E-state index is 14.4. The van der Waals surface area contributed by atoms with Crippen LogP contribution in [0.25, 0.3) is 33.2 Å². The summed E-state index contributed by atoms with van der Waals surface area (Å²) in [6.07, 6.45) is 0.347. The van der Waals surface area contributed by atoms with Crippen molar-refractivity contribution < 1.29 is 27.8 Å². The van der Waals surface area contributed by atoms with Gasteiger partial charge in [0.05, 0.1) is 33.5 Å². The van der Waals surface area contributed by atoms with E-state index in [9.17, 15) is 38.3 Å². The van der Waals surface area contributed by atoms with Gasteiger partial charge in [0.25, 0.3) is 0 Å². The van der Waals surface area contributed by atoms with Crippen molar-refractivity contribution in [3.63, 3.8) is 0 Å². The molecule has 6 aromatic rings. The van der Waals surface area contributed by atoms with E-state index in [2.05, 4.69) is 28.6 Å². The lowest BCUT2D eigenvalue weighted by molar-refractivity contribution is 0.406. The van der Waals surface area contributed by atoms with Gasteiger partial charge in [-0.1, -0.05) is 56.0 Å². The zero-order valence-corrected chi connectivity index (χ0v) is 25.0. The standard InChI is InChI=1S/C19H14F2N2O.C15H7BrF2N2O.CH4/c1-11(2)9-16-13(10-22)12-5-3-4-6-14(12)23(16)15-7-8-17(24)19(21)18(15)20;16-15-9(7-19)8-3-1-2-4-10(8)20(15)11-5-6-12(21)14(18)13(11)17;/h3-8,24H,1,9H2,2H3;1-6,21H;1H4. The van der Waals surface area contributed by atoms with Crippen LogP contribution in [-0.2, 0) is 6.42 Å². The molecule has 6 rings (SSSR count). The van der Waals surface area contributed by atoms with Crippen molar-refractivity contribution in [2.45, 2.75) is 20.8 Å². The van der Waals surface area contributed by atoms with E-state index in [-0.39, 0.29) is 18.8 Å². The van der Waals surface area contributed by atoms with Gasteiger partial charge in [0.2, 0.25) is 11.6 Å². The number of halogens is 5. The highest BCUT2D eigenvalue weighted by molar-refractivity contribution is 9.10. The predicted molar refractivity (Wildman–Crippen MR) is 172 cm³/mol. The minimum absolute atomic E-state index is 0. The third-order valence-corrected chi connectivity index (χ3v) is 7.80. The second-order valence-corrected chi connectivity index (χ2v) is 10.8. The SMILES string of the molecule is C.C=C(C)Cc1c(C#N)c2ccccc2n1-c1ccc(O)c(F)c1F.N#Cc1c(Br)n(-c2ccc(O)c(F)c2F)c2ccccc12. The van der Waals surface area contributed by atoms with Crippen molar-refractivity contribution in [3.05, 3.63) is 130 Å². The smallest absolute Gasteiger partial charge is 0.202 e. The molecule has 2 aromatic heterocycles. The molecule has 2 heterocycles. The number of fused-ring (bicyclic) bond motifs is 2. The summed E-state index contributed by atoms with van der Waals surface area (Å²) >= 11 is 3.26. The Morgan fingerprint density at radius 3 is 1.63 bits per heavy atom. The van der Waals surface area contributed by atoms with E-state index >= 15 is 0 Å². The van der Waals surface area contributed by atoms with Gasteiger partial charge in [-0.25, -0.2) is 8.78 Å². The van der Waals surface area contributed by atoms with Crippen molar-refractivity contribution in [1.82, 2.24) is 9.13 Å². The molecule has 0 aliphatic carbocycles. The van der Waals surface area contributed by atoms with Crippen LogP contribution < -0.4 is 0 Å². The van der Waals surface area contributed by atoms with Gasteiger partial charge in [0.15, 0.2) is 23.1 Å². The number of nitrogens with zero attached hydrogens (tertiary/aromatic N) is 4. The molecule has 46 heavy (non-hydrogen) atoms. The van der Waals surface area contributed by atoms with Gasteiger partial charge in [0.1, 0.15) is 16.7 Å². The first-order valence-corrected chi connectivity index (χ1v) is 14.0. The van der Waals surface area contributed by atoms with E-state index in [1.165, 1.54) is 21.3 Å². The van der Waals surface area contributed by atoms with Crippen molar-refractivity contribution in [3.8, 4) is 35.0 Å². The number of allylic oxidation sites excluding steroid dienone is 1. The Balaban J connectivity index is 0.000000206. The minimum atomic E-state index is -1.32. The number of phenolic OH excluding ortho intramolecular Hbond substituents is 2. The Kier molecular flexibility index (Phi) is 9.60. The monoisotopic (exact) mass is 688 g/mol. The van der Waals surface area contributed by atoms with Gasteiger partial charge >= 0.3 is 0 Å².